The van der Waals surface area contributed by atoms with Crippen LogP contribution in [-0.4, -0.2) is 42.1 Å². The quantitative estimate of drug-likeness (QED) is 0.855. The molecule has 21 heavy (non-hydrogen) atoms. The lowest BCUT2D eigenvalue weighted by molar-refractivity contribution is -0.183. The van der Waals surface area contributed by atoms with Crippen LogP contribution in [0.15, 0.2) is 10.8 Å². The van der Waals surface area contributed by atoms with E-state index in [1.165, 1.54) is 25.7 Å². The van der Waals surface area contributed by atoms with Crippen molar-refractivity contribution >= 4 is 5.91 Å². The number of rotatable bonds is 4. The Morgan fingerprint density at radius 2 is 2.24 bits per heavy atom. The van der Waals surface area contributed by atoms with E-state index in [-0.39, 0.29) is 17.4 Å². The lowest BCUT2D eigenvalue weighted by Crippen LogP contribution is -2.67. The highest BCUT2D eigenvalue weighted by molar-refractivity contribution is 5.93. The number of methoxy groups -OCH3 is 1. The minimum atomic E-state index is -0.0137. The Labute approximate surface area is 124 Å². The van der Waals surface area contributed by atoms with Gasteiger partial charge in [-0.2, -0.15) is 0 Å². The second kappa shape index (κ2) is 4.57. The third-order valence-electron chi connectivity index (χ3n) is 5.85. The van der Waals surface area contributed by atoms with Crippen LogP contribution in [-0.2, 0) is 4.74 Å². The minimum absolute atomic E-state index is 0.0137. The molecular formula is C16H22N2O3. The van der Waals surface area contributed by atoms with Crippen molar-refractivity contribution in [1.82, 2.24) is 9.88 Å². The lowest BCUT2D eigenvalue weighted by Gasteiger charge is -2.62. The average molecular weight is 290 g/mol. The molecule has 1 spiro atoms. The molecule has 0 aliphatic heterocycles. The molecule has 4 rings (SSSR count). The van der Waals surface area contributed by atoms with E-state index in [2.05, 4.69) is 4.98 Å². The largest absolute Gasteiger partial charge is 0.438 e. The summed E-state index contributed by atoms with van der Waals surface area (Å²) >= 11 is 0. The molecule has 0 aromatic carbocycles. The highest BCUT2D eigenvalue weighted by Crippen LogP contribution is 2.59. The highest BCUT2D eigenvalue weighted by Gasteiger charge is 2.61. The first kappa shape index (κ1) is 13.3. The topological polar surface area (TPSA) is 55.6 Å². The summed E-state index contributed by atoms with van der Waals surface area (Å²) in [6.45, 7) is 0. The van der Waals surface area contributed by atoms with Crippen LogP contribution in [0.4, 0.5) is 0 Å². The van der Waals surface area contributed by atoms with E-state index in [9.17, 15) is 4.79 Å². The van der Waals surface area contributed by atoms with Crippen molar-refractivity contribution in [2.75, 3.05) is 14.2 Å². The molecular weight excluding hydrogens is 268 g/mol. The molecule has 3 aliphatic carbocycles. The van der Waals surface area contributed by atoms with E-state index in [0.29, 0.717) is 17.8 Å². The fourth-order valence-electron chi connectivity index (χ4n) is 4.21. The number of nitrogens with zero attached hydrogens (tertiary/aromatic N) is 2. The SMILES string of the molecule is COC1CC(N(C)C(=O)c2ocnc2C2CC2)C12CCC2. The minimum Gasteiger partial charge on any atom is -0.438 e. The van der Waals surface area contributed by atoms with Gasteiger partial charge in [-0.25, -0.2) is 4.98 Å². The van der Waals surface area contributed by atoms with Crippen LogP contribution in [0.25, 0.3) is 0 Å². The monoisotopic (exact) mass is 290 g/mol. The van der Waals surface area contributed by atoms with Crippen LogP contribution in [0.5, 0.6) is 0 Å². The summed E-state index contributed by atoms with van der Waals surface area (Å²) in [5.41, 5.74) is 1.05. The zero-order valence-corrected chi connectivity index (χ0v) is 12.7. The van der Waals surface area contributed by atoms with Crippen LogP contribution < -0.4 is 0 Å². The molecule has 1 aromatic heterocycles. The van der Waals surface area contributed by atoms with Gasteiger partial charge in [0.05, 0.1) is 11.8 Å². The Morgan fingerprint density at radius 1 is 1.48 bits per heavy atom. The summed E-state index contributed by atoms with van der Waals surface area (Å²) < 4.78 is 11.0. The molecule has 0 bridgehead atoms. The molecule has 1 heterocycles. The maximum Gasteiger partial charge on any atom is 0.291 e. The van der Waals surface area contributed by atoms with E-state index in [4.69, 9.17) is 9.15 Å². The Morgan fingerprint density at radius 3 is 2.81 bits per heavy atom. The molecule has 0 N–H and O–H groups in total. The van der Waals surface area contributed by atoms with Crippen molar-refractivity contribution < 1.29 is 13.9 Å². The van der Waals surface area contributed by atoms with Gasteiger partial charge in [-0.1, -0.05) is 6.42 Å². The molecule has 1 aromatic rings. The standard InChI is InChI=1S/C16H22N2O3/c1-18(11-8-12(20-2)16(11)6-3-7-16)15(19)14-13(10-4-5-10)17-9-21-14/h9-12H,3-8H2,1-2H3. The second-order valence-corrected chi connectivity index (χ2v) is 6.82. The van der Waals surface area contributed by atoms with Crippen molar-refractivity contribution in [3.05, 3.63) is 17.8 Å². The van der Waals surface area contributed by atoms with E-state index in [1.807, 2.05) is 11.9 Å². The fraction of sp³-hybridized carbons (Fsp3) is 0.750. The maximum absolute atomic E-state index is 12.8. The number of oxazole rings is 1. The zero-order valence-electron chi connectivity index (χ0n) is 12.7. The van der Waals surface area contributed by atoms with Gasteiger partial charge in [-0.05, 0) is 32.1 Å². The number of aromatic nitrogens is 1. The molecule has 5 heteroatoms. The normalized spacial score (nSPS) is 29.8. The summed E-state index contributed by atoms with van der Waals surface area (Å²) in [6.07, 6.45) is 8.47. The molecule has 3 fully saturated rings. The highest BCUT2D eigenvalue weighted by atomic mass is 16.5. The Hall–Kier alpha value is -1.36. The van der Waals surface area contributed by atoms with Crippen LogP contribution in [0.1, 0.15) is 60.7 Å². The van der Waals surface area contributed by atoms with Crippen LogP contribution in [0, 0.1) is 5.41 Å². The van der Waals surface area contributed by atoms with E-state index in [0.717, 1.165) is 25.0 Å². The smallest absolute Gasteiger partial charge is 0.291 e. The van der Waals surface area contributed by atoms with E-state index >= 15 is 0 Å². The summed E-state index contributed by atoms with van der Waals surface area (Å²) in [6, 6.07) is 0.279. The van der Waals surface area contributed by atoms with Gasteiger partial charge >= 0.3 is 0 Å². The molecule has 5 nitrogen and oxygen atoms in total. The van der Waals surface area contributed by atoms with Gasteiger partial charge in [0.25, 0.3) is 5.91 Å². The molecule has 2 atom stereocenters. The van der Waals surface area contributed by atoms with Gasteiger partial charge in [0.1, 0.15) is 0 Å². The molecule has 3 saturated carbocycles. The number of amides is 1. The third-order valence-corrected chi connectivity index (χ3v) is 5.85. The zero-order chi connectivity index (χ0) is 14.6. The lowest BCUT2D eigenvalue weighted by atomic mass is 9.50. The Kier molecular flexibility index (Phi) is 2.89. The van der Waals surface area contributed by atoms with Gasteiger partial charge in [-0.15, -0.1) is 0 Å². The summed E-state index contributed by atoms with van der Waals surface area (Å²) in [5.74, 6) is 0.873. The van der Waals surface area contributed by atoms with Crippen molar-refractivity contribution in [2.45, 2.75) is 56.6 Å². The Bertz CT molecular complexity index is 560. The maximum atomic E-state index is 12.8. The number of carbonyl (C=O) groups is 1. The molecule has 114 valence electrons. The molecule has 1 amide bonds. The van der Waals surface area contributed by atoms with Crippen molar-refractivity contribution in [1.29, 1.82) is 0 Å². The van der Waals surface area contributed by atoms with Crippen LogP contribution in [0.2, 0.25) is 0 Å². The average Bonchev–Trinajstić information content (AvgIpc) is 3.13. The van der Waals surface area contributed by atoms with Gasteiger partial charge in [-0.3, -0.25) is 4.79 Å². The van der Waals surface area contributed by atoms with Gasteiger partial charge in [0, 0.05) is 31.5 Å². The van der Waals surface area contributed by atoms with E-state index in [1.54, 1.807) is 7.11 Å². The summed E-state index contributed by atoms with van der Waals surface area (Å²) in [5, 5.41) is 0. The van der Waals surface area contributed by atoms with Crippen molar-refractivity contribution in [3.8, 4) is 0 Å². The first-order valence-electron chi connectivity index (χ1n) is 7.90. The number of hydrogen-bond donors (Lipinski definition) is 0. The first-order chi connectivity index (χ1) is 10.2. The Balaban J connectivity index is 1.53. The second-order valence-electron chi connectivity index (χ2n) is 6.82. The predicted molar refractivity (Wildman–Crippen MR) is 76.1 cm³/mol. The van der Waals surface area contributed by atoms with Crippen molar-refractivity contribution in [3.63, 3.8) is 0 Å². The van der Waals surface area contributed by atoms with Gasteiger partial charge in [0.2, 0.25) is 5.76 Å². The third kappa shape index (κ3) is 1.79. The van der Waals surface area contributed by atoms with Crippen molar-refractivity contribution in [2.24, 2.45) is 5.41 Å². The fourth-order valence-corrected chi connectivity index (χ4v) is 4.21. The molecule has 0 radical (unpaired) electrons. The van der Waals surface area contributed by atoms with E-state index < -0.39 is 0 Å². The molecule has 2 unspecified atom stereocenters. The van der Waals surface area contributed by atoms with Gasteiger partial charge < -0.3 is 14.1 Å². The first-order valence-corrected chi connectivity index (χ1v) is 7.90. The molecule has 0 saturated heterocycles. The number of hydrogen-bond acceptors (Lipinski definition) is 4. The summed E-state index contributed by atoms with van der Waals surface area (Å²) in [7, 11) is 3.68. The van der Waals surface area contributed by atoms with Crippen LogP contribution >= 0.6 is 0 Å². The molecule has 3 aliphatic rings. The summed E-state index contributed by atoms with van der Waals surface area (Å²) in [4.78, 5) is 18.9. The predicted octanol–water partition coefficient (Wildman–Crippen LogP) is 2.58. The number of carbonyl (C=O) groups excluding carboxylic acids is 1. The van der Waals surface area contributed by atoms with Crippen LogP contribution in [0.3, 0.4) is 0 Å². The van der Waals surface area contributed by atoms with Gasteiger partial charge in [0.15, 0.2) is 6.39 Å². The number of ether oxygens (including phenoxy) is 1.